The lowest BCUT2D eigenvalue weighted by Crippen LogP contribution is -2.69. The molecule has 1 aliphatic heterocycles. The Labute approximate surface area is 147 Å². The van der Waals surface area contributed by atoms with Gasteiger partial charge in [0.1, 0.15) is 0 Å². The standard InChI is InChI=1S/C18H27N3O2S/c1-12-11-19-14(24-12)5-9-21(2)17(22)20-15-13-6-10-23-16(13)18(15)7-3-4-8-18/h11,13,15-16H,3-10H2,1-2H3,(H,20,22)/t13-,15-,16-/m1/s1. The van der Waals surface area contributed by atoms with Crippen molar-refractivity contribution in [2.45, 2.75) is 57.6 Å². The predicted octanol–water partition coefficient (Wildman–Crippen LogP) is 2.98. The highest BCUT2D eigenvalue weighted by Crippen LogP contribution is 2.60. The maximum atomic E-state index is 12.7. The smallest absolute Gasteiger partial charge is 0.317 e. The first-order valence-corrected chi connectivity index (χ1v) is 9.96. The number of amides is 2. The van der Waals surface area contributed by atoms with Crippen molar-refractivity contribution in [3.8, 4) is 0 Å². The van der Waals surface area contributed by atoms with Crippen molar-refractivity contribution >= 4 is 17.4 Å². The maximum absolute atomic E-state index is 12.7. The summed E-state index contributed by atoms with van der Waals surface area (Å²) < 4.78 is 6.00. The van der Waals surface area contributed by atoms with Crippen molar-refractivity contribution in [1.82, 2.24) is 15.2 Å². The molecule has 3 aliphatic rings. The summed E-state index contributed by atoms with van der Waals surface area (Å²) in [5.41, 5.74) is 0.226. The van der Waals surface area contributed by atoms with E-state index in [4.69, 9.17) is 4.74 Å². The SMILES string of the molecule is Cc1cnc(CCN(C)C(=O)N[C@@H]2[C@H]3CCO[C@H]3C23CCCC3)s1. The number of thiazole rings is 1. The number of aromatic nitrogens is 1. The fourth-order valence-corrected chi connectivity index (χ4v) is 5.81. The van der Waals surface area contributed by atoms with Gasteiger partial charge in [0.15, 0.2) is 0 Å². The minimum absolute atomic E-state index is 0.0601. The van der Waals surface area contributed by atoms with E-state index in [-0.39, 0.29) is 11.4 Å². The van der Waals surface area contributed by atoms with Gasteiger partial charge < -0.3 is 15.0 Å². The van der Waals surface area contributed by atoms with Crippen molar-refractivity contribution in [2.24, 2.45) is 11.3 Å². The first-order chi connectivity index (χ1) is 11.6. The van der Waals surface area contributed by atoms with E-state index < -0.39 is 0 Å². The van der Waals surface area contributed by atoms with E-state index in [1.54, 1.807) is 11.3 Å². The number of fused-ring (bicyclic) bond motifs is 2. The molecular formula is C18H27N3O2S. The lowest BCUT2D eigenvalue weighted by molar-refractivity contribution is -0.126. The number of hydrogen-bond donors (Lipinski definition) is 1. The van der Waals surface area contributed by atoms with E-state index in [2.05, 4.69) is 17.2 Å². The van der Waals surface area contributed by atoms with E-state index >= 15 is 0 Å². The molecule has 4 rings (SSSR count). The number of carbonyl (C=O) groups excluding carboxylic acids is 1. The summed E-state index contributed by atoms with van der Waals surface area (Å²) in [6, 6.07) is 0.370. The van der Waals surface area contributed by atoms with E-state index in [9.17, 15) is 4.79 Å². The van der Waals surface area contributed by atoms with Gasteiger partial charge in [-0.05, 0) is 26.2 Å². The molecule has 0 unspecified atom stereocenters. The summed E-state index contributed by atoms with van der Waals surface area (Å²) in [6.45, 7) is 3.64. The molecule has 0 aromatic carbocycles. The zero-order valence-corrected chi connectivity index (χ0v) is 15.4. The summed E-state index contributed by atoms with van der Waals surface area (Å²) in [5, 5.41) is 4.46. The zero-order valence-electron chi connectivity index (χ0n) is 14.6. The van der Waals surface area contributed by atoms with Gasteiger partial charge in [-0.2, -0.15) is 0 Å². The van der Waals surface area contributed by atoms with Crippen LogP contribution in [-0.2, 0) is 11.2 Å². The van der Waals surface area contributed by atoms with Crippen LogP contribution in [0.5, 0.6) is 0 Å². The summed E-state index contributed by atoms with van der Waals surface area (Å²) >= 11 is 1.71. The maximum Gasteiger partial charge on any atom is 0.317 e. The van der Waals surface area contributed by atoms with Crippen molar-refractivity contribution in [1.29, 1.82) is 0 Å². The number of nitrogens with zero attached hydrogens (tertiary/aromatic N) is 2. The summed E-state index contributed by atoms with van der Waals surface area (Å²) in [7, 11) is 1.89. The average Bonchev–Trinajstić information content (AvgIpc) is 3.29. The Balaban J connectivity index is 1.34. The molecule has 3 atom stereocenters. The highest BCUT2D eigenvalue weighted by molar-refractivity contribution is 7.11. The Bertz CT molecular complexity index is 611. The number of ether oxygens (including phenoxy) is 1. The Kier molecular flexibility index (Phi) is 4.29. The number of urea groups is 1. The Morgan fingerprint density at radius 1 is 1.50 bits per heavy atom. The van der Waals surface area contributed by atoms with Crippen LogP contribution in [0.3, 0.4) is 0 Å². The van der Waals surface area contributed by atoms with Gasteiger partial charge in [0.05, 0.1) is 11.1 Å². The van der Waals surface area contributed by atoms with Crippen LogP contribution in [0.4, 0.5) is 4.79 Å². The average molecular weight is 350 g/mol. The zero-order chi connectivity index (χ0) is 16.7. The van der Waals surface area contributed by atoms with Gasteiger partial charge >= 0.3 is 6.03 Å². The molecule has 2 heterocycles. The van der Waals surface area contributed by atoms with Gasteiger partial charge in [-0.1, -0.05) is 12.8 Å². The highest BCUT2D eigenvalue weighted by atomic mass is 32.1. The van der Waals surface area contributed by atoms with Crippen LogP contribution in [0, 0.1) is 18.3 Å². The third kappa shape index (κ3) is 2.64. The molecule has 6 heteroatoms. The number of nitrogens with one attached hydrogen (secondary N) is 1. The first kappa shape index (κ1) is 16.3. The van der Waals surface area contributed by atoms with Crippen LogP contribution in [0.1, 0.15) is 42.0 Å². The molecule has 24 heavy (non-hydrogen) atoms. The van der Waals surface area contributed by atoms with Crippen LogP contribution in [0.15, 0.2) is 6.20 Å². The molecule has 5 nitrogen and oxygen atoms in total. The normalized spacial score (nSPS) is 30.2. The van der Waals surface area contributed by atoms with E-state index in [1.807, 2.05) is 18.1 Å². The summed E-state index contributed by atoms with van der Waals surface area (Å²) in [6.07, 6.45) is 9.19. The number of hydrogen-bond acceptors (Lipinski definition) is 4. The van der Waals surface area contributed by atoms with Crippen LogP contribution < -0.4 is 5.32 Å². The molecule has 2 aliphatic carbocycles. The molecular weight excluding hydrogens is 322 g/mol. The lowest BCUT2D eigenvalue weighted by Gasteiger charge is -2.56. The molecule has 2 saturated carbocycles. The quantitative estimate of drug-likeness (QED) is 0.909. The van der Waals surface area contributed by atoms with Gasteiger partial charge in [-0.15, -0.1) is 11.3 Å². The summed E-state index contributed by atoms with van der Waals surface area (Å²) in [4.78, 5) is 20.1. The van der Waals surface area contributed by atoms with Crippen LogP contribution >= 0.6 is 11.3 Å². The fraction of sp³-hybridized carbons (Fsp3) is 0.778. The van der Waals surface area contributed by atoms with Gasteiger partial charge in [0, 0.05) is 55.1 Å². The van der Waals surface area contributed by atoms with Crippen LogP contribution in [0.25, 0.3) is 0 Å². The van der Waals surface area contributed by atoms with Crippen molar-refractivity contribution in [3.63, 3.8) is 0 Å². The fourth-order valence-electron chi connectivity index (χ4n) is 5.03. The molecule has 132 valence electrons. The Morgan fingerprint density at radius 3 is 3.00 bits per heavy atom. The third-order valence-corrected chi connectivity index (χ3v) is 7.21. The Morgan fingerprint density at radius 2 is 2.29 bits per heavy atom. The number of aryl methyl sites for hydroxylation is 1. The molecule has 1 N–H and O–H groups in total. The van der Waals surface area contributed by atoms with Gasteiger partial charge in [0.25, 0.3) is 0 Å². The number of likely N-dealkylation sites (N-methyl/N-ethyl adjacent to an activating group) is 1. The van der Waals surface area contributed by atoms with Gasteiger partial charge in [-0.25, -0.2) is 9.78 Å². The molecule has 1 saturated heterocycles. The third-order valence-electron chi connectivity index (χ3n) is 6.24. The second kappa shape index (κ2) is 6.30. The monoisotopic (exact) mass is 349 g/mol. The van der Waals surface area contributed by atoms with Crippen molar-refractivity contribution < 1.29 is 9.53 Å². The molecule has 0 bridgehead atoms. The number of rotatable bonds is 4. The van der Waals surface area contributed by atoms with Gasteiger partial charge in [-0.3, -0.25) is 0 Å². The number of carbonyl (C=O) groups is 1. The van der Waals surface area contributed by atoms with E-state index in [1.165, 1.54) is 30.6 Å². The minimum atomic E-state index is 0.0601. The Hall–Kier alpha value is -1.14. The van der Waals surface area contributed by atoms with E-state index in [0.717, 1.165) is 24.5 Å². The summed E-state index contributed by atoms with van der Waals surface area (Å²) in [5.74, 6) is 0.530. The second-order valence-corrected chi connectivity index (χ2v) is 8.97. The van der Waals surface area contributed by atoms with Gasteiger partial charge in [0.2, 0.25) is 0 Å². The molecule has 3 fully saturated rings. The van der Waals surface area contributed by atoms with Crippen LogP contribution in [0.2, 0.25) is 0 Å². The highest BCUT2D eigenvalue weighted by Gasteiger charge is 2.65. The molecule has 0 radical (unpaired) electrons. The lowest BCUT2D eigenvalue weighted by atomic mass is 9.54. The topological polar surface area (TPSA) is 54.5 Å². The largest absolute Gasteiger partial charge is 0.377 e. The molecule has 2 amide bonds. The van der Waals surface area contributed by atoms with Crippen LogP contribution in [-0.4, -0.2) is 48.3 Å². The first-order valence-electron chi connectivity index (χ1n) is 9.15. The molecule has 1 spiro atoms. The minimum Gasteiger partial charge on any atom is -0.377 e. The molecule has 1 aromatic rings. The van der Waals surface area contributed by atoms with E-state index in [0.29, 0.717) is 24.6 Å². The van der Waals surface area contributed by atoms with Crippen molar-refractivity contribution in [2.75, 3.05) is 20.2 Å². The molecule has 1 aromatic heterocycles. The van der Waals surface area contributed by atoms with Crippen molar-refractivity contribution in [3.05, 3.63) is 16.1 Å². The predicted molar refractivity (Wildman–Crippen MR) is 94.3 cm³/mol. The second-order valence-electron chi connectivity index (χ2n) is 7.65.